The van der Waals surface area contributed by atoms with Gasteiger partial charge in [0.05, 0.1) is 24.5 Å². The van der Waals surface area contributed by atoms with Crippen LogP contribution in [0.25, 0.3) is 0 Å². The summed E-state index contributed by atoms with van der Waals surface area (Å²) in [5.74, 6) is -1.50. The molecule has 0 radical (unpaired) electrons. The number of nitrogens with one attached hydrogen (secondary N) is 1. The minimum atomic E-state index is -0.630. The van der Waals surface area contributed by atoms with E-state index in [-0.39, 0.29) is 28.0 Å². The summed E-state index contributed by atoms with van der Waals surface area (Å²) in [5.41, 5.74) is 0.573. The molecule has 0 aliphatic rings. The van der Waals surface area contributed by atoms with Crippen molar-refractivity contribution >= 4 is 57.3 Å². The largest absolute Gasteiger partial charge is 0.465 e. The lowest BCUT2D eigenvalue weighted by atomic mass is 10.1. The predicted octanol–water partition coefficient (Wildman–Crippen LogP) is 3.30. The quantitative estimate of drug-likeness (QED) is 0.528. The smallest absolute Gasteiger partial charge is 0.348 e. The molecule has 2 heterocycles. The normalized spacial score (nSPS) is 11.7. The highest BCUT2D eigenvalue weighted by molar-refractivity contribution is 8.02. The second-order valence-electron chi connectivity index (χ2n) is 5.31. The molecule has 1 amide bonds. The maximum absolute atomic E-state index is 12.6. The third kappa shape index (κ3) is 5.05. The van der Waals surface area contributed by atoms with Gasteiger partial charge in [-0.05, 0) is 33.3 Å². The fourth-order valence-electron chi connectivity index (χ4n) is 2.09. The topological polar surface area (TPSA) is 107 Å². The Labute approximate surface area is 168 Å². The first-order valence-corrected chi connectivity index (χ1v) is 10.5. The van der Waals surface area contributed by atoms with Crippen molar-refractivity contribution in [2.45, 2.75) is 37.3 Å². The molecule has 2 aromatic heterocycles. The third-order valence-electron chi connectivity index (χ3n) is 3.39. The maximum atomic E-state index is 12.6. The molecule has 0 saturated carbocycles. The SMILES string of the molecule is CCOC(=O)c1sc(NC(=O)C(C)Sc2nnc(C)s2)c(C(=O)OC)c1C. The van der Waals surface area contributed by atoms with Crippen molar-refractivity contribution < 1.29 is 23.9 Å². The fourth-order valence-corrected chi connectivity index (χ4v) is 5.14. The minimum Gasteiger partial charge on any atom is -0.465 e. The van der Waals surface area contributed by atoms with Crippen molar-refractivity contribution in [3.05, 3.63) is 21.0 Å². The number of carbonyl (C=O) groups excluding carboxylic acids is 3. The second-order valence-corrected chi connectivity index (χ2v) is 9.10. The molecule has 8 nitrogen and oxygen atoms in total. The van der Waals surface area contributed by atoms with E-state index in [1.807, 2.05) is 6.92 Å². The van der Waals surface area contributed by atoms with Crippen molar-refractivity contribution in [2.75, 3.05) is 19.0 Å². The van der Waals surface area contributed by atoms with Crippen LogP contribution >= 0.6 is 34.4 Å². The number of esters is 2. The van der Waals surface area contributed by atoms with E-state index in [2.05, 4.69) is 15.5 Å². The van der Waals surface area contributed by atoms with Gasteiger partial charge in [-0.1, -0.05) is 23.1 Å². The third-order valence-corrected chi connectivity index (χ3v) is 6.60. The fraction of sp³-hybridized carbons (Fsp3) is 0.438. The van der Waals surface area contributed by atoms with E-state index in [1.165, 1.54) is 30.2 Å². The molecule has 0 aliphatic carbocycles. The maximum Gasteiger partial charge on any atom is 0.348 e. The summed E-state index contributed by atoms with van der Waals surface area (Å²) in [4.78, 5) is 37.1. The summed E-state index contributed by atoms with van der Waals surface area (Å²) in [5, 5.41) is 11.2. The Hall–Kier alpha value is -1.98. The van der Waals surface area contributed by atoms with Crippen molar-refractivity contribution in [3.63, 3.8) is 0 Å². The lowest BCUT2D eigenvalue weighted by Gasteiger charge is -2.10. The monoisotopic (exact) mass is 429 g/mol. The van der Waals surface area contributed by atoms with E-state index < -0.39 is 17.2 Å². The van der Waals surface area contributed by atoms with E-state index in [0.717, 1.165) is 16.3 Å². The van der Waals surface area contributed by atoms with Gasteiger partial charge in [0.1, 0.15) is 14.9 Å². The summed E-state index contributed by atoms with van der Waals surface area (Å²) >= 11 is 3.65. The van der Waals surface area contributed by atoms with E-state index in [0.29, 0.717) is 9.90 Å². The number of carbonyl (C=O) groups is 3. The Bertz CT molecular complexity index is 862. The molecule has 2 aromatic rings. The molecule has 0 aromatic carbocycles. The zero-order chi connectivity index (χ0) is 20.1. The molecule has 2 rings (SSSR count). The van der Waals surface area contributed by atoms with Crippen molar-refractivity contribution in [1.29, 1.82) is 0 Å². The number of aromatic nitrogens is 2. The Morgan fingerprint density at radius 1 is 1.19 bits per heavy atom. The summed E-state index contributed by atoms with van der Waals surface area (Å²) in [6.07, 6.45) is 0. The molecule has 0 spiro atoms. The summed E-state index contributed by atoms with van der Waals surface area (Å²) in [7, 11) is 1.24. The highest BCUT2D eigenvalue weighted by Gasteiger charge is 2.28. The van der Waals surface area contributed by atoms with Gasteiger partial charge in [-0.25, -0.2) is 9.59 Å². The second kappa shape index (κ2) is 9.29. The van der Waals surface area contributed by atoms with Crippen molar-refractivity contribution in [1.82, 2.24) is 10.2 Å². The average molecular weight is 430 g/mol. The van der Waals surface area contributed by atoms with Crippen LogP contribution in [0.5, 0.6) is 0 Å². The van der Waals surface area contributed by atoms with Gasteiger partial charge >= 0.3 is 11.9 Å². The van der Waals surface area contributed by atoms with Gasteiger partial charge in [0.2, 0.25) is 5.91 Å². The number of ether oxygens (including phenoxy) is 2. The molecule has 146 valence electrons. The molecular formula is C16H19N3O5S3. The molecular weight excluding hydrogens is 410 g/mol. The number of amides is 1. The lowest BCUT2D eigenvalue weighted by molar-refractivity contribution is -0.115. The van der Waals surface area contributed by atoms with E-state index in [1.54, 1.807) is 20.8 Å². The highest BCUT2D eigenvalue weighted by Crippen LogP contribution is 2.35. The van der Waals surface area contributed by atoms with Crippen LogP contribution in [-0.2, 0) is 14.3 Å². The predicted molar refractivity (Wildman–Crippen MR) is 105 cm³/mol. The zero-order valence-electron chi connectivity index (χ0n) is 15.4. The number of methoxy groups -OCH3 is 1. The number of thioether (sulfide) groups is 1. The van der Waals surface area contributed by atoms with E-state index in [4.69, 9.17) is 9.47 Å². The van der Waals surface area contributed by atoms with Crippen LogP contribution in [-0.4, -0.2) is 47.0 Å². The molecule has 1 atom stereocenters. The standard InChI is InChI=1S/C16H19N3O5S3/c1-6-24-15(22)11-7(2)10(14(21)23-5)13(27-11)17-12(20)8(3)25-16-19-18-9(4)26-16/h8H,6H2,1-5H3,(H,17,20). The Kier molecular flexibility index (Phi) is 7.33. The summed E-state index contributed by atoms with van der Waals surface area (Å²) in [6.45, 7) is 7.08. The molecule has 1 unspecified atom stereocenters. The summed E-state index contributed by atoms with van der Waals surface area (Å²) in [6, 6.07) is 0. The molecule has 0 aliphatic heterocycles. The number of hydrogen-bond donors (Lipinski definition) is 1. The summed E-state index contributed by atoms with van der Waals surface area (Å²) < 4.78 is 10.5. The van der Waals surface area contributed by atoms with Crippen LogP contribution in [0, 0.1) is 13.8 Å². The molecule has 0 bridgehead atoms. The van der Waals surface area contributed by atoms with Crippen LogP contribution in [0.2, 0.25) is 0 Å². The van der Waals surface area contributed by atoms with Crippen LogP contribution in [0.4, 0.5) is 5.00 Å². The number of thiophene rings is 1. The van der Waals surface area contributed by atoms with Gasteiger partial charge in [0, 0.05) is 0 Å². The van der Waals surface area contributed by atoms with Gasteiger partial charge in [-0.15, -0.1) is 21.5 Å². The Balaban J connectivity index is 2.25. The first kappa shape index (κ1) is 21.3. The van der Waals surface area contributed by atoms with E-state index >= 15 is 0 Å². The molecule has 27 heavy (non-hydrogen) atoms. The van der Waals surface area contributed by atoms with Crippen LogP contribution < -0.4 is 5.32 Å². The molecule has 11 heteroatoms. The first-order valence-electron chi connectivity index (χ1n) is 7.94. The van der Waals surface area contributed by atoms with Crippen LogP contribution in [0.3, 0.4) is 0 Å². The Morgan fingerprint density at radius 2 is 1.89 bits per heavy atom. The van der Waals surface area contributed by atoms with Crippen LogP contribution in [0.15, 0.2) is 4.34 Å². The van der Waals surface area contributed by atoms with Gasteiger partial charge < -0.3 is 14.8 Å². The number of anilines is 1. The van der Waals surface area contributed by atoms with Crippen molar-refractivity contribution in [3.8, 4) is 0 Å². The van der Waals surface area contributed by atoms with Gasteiger partial charge in [-0.2, -0.15) is 0 Å². The van der Waals surface area contributed by atoms with Gasteiger partial charge in [0.15, 0.2) is 4.34 Å². The number of rotatable bonds is 7. The number of hydrogen-bond acceptors (Lipinski definition) is 10. The molecule has 0 fully saturated rings. The number of aryl methyl sites for hydroxylation is 1. The van der Waals surface area contributed by atoms with Gasteiger partial charge in [0.25, 0.3) is 0 Å². The average Bonchev–Trinajstić information content (AvgIpc) is 3.17. The van der Waals surface area contributed by atoms with Crippen molar-refractivity contribution in [2.24, 2.45) is 0 Å². The first-order chi connectivity index (χ1) is 12.8. The zero-order valence-corrected chi connectivity index (χ0v) is 17.9. The number of nitrogens with zero attached hydrogens (tertiary/aromatic N) is 2. The van der Waals surface area contributed by atoms with Gasteiger partial charge in [-0.3, -0.25) is 4.79 Å². The highest BCUT2D eigenvalue weighted by atomic mass is 32.2. The minimum absolute atomic E-state index is 0.155. The lowest BCUT2D eigenvalue weighted by Crippen LogP contribution is -2.23. The molecule has 0 saturated heterocycles. The van der Waals surface area contributed by atoms with E-state index in [9.17, 15) is 14.4 Å². The molecule has 1 N–H and O–H groups in total. The van der Waals surface area contributed by atoms with Crippen LogP contribution in [0.1, 0.15) is 44.4 Å². The Morgan fingerprint density at radius 3 is 2.44 bits per heavy atom.